The van der Waals surface area contributed by atoms with Gasteiger partial charge in [0.05, 0.1) is 12.0 Å². The fourth-order valence-electron chi connectivity index (χ4n) is 1.88. The van der Waals surface area contributed by atoms with Gasteiger partial charge in [-0.1, -0.05) is 18.2 Å². The van der Waals surface area contributed by atoms with Gasteiger partial charge in [0.25, 0.3) is 0 Å². The lowest BCUT2D eigenvalue weighted by atomic mass is 10.1. The Morgan fingerprint density at radius 2 is 1.81 bits per heavy atom. The van der Waals surface area contributed by atoms with E-state index in [2.05, 4.69) is 16.2 Å². The van der Waals surface area contributed by atoms with Crippen molar-refractivity contribution in [3.05, 3.63) is 63.9 Å². The first-order valence-electron chi connectivity index (χ1n) is 7.51. The minimum absolute atomic E-state index is 0.114. The van der Waals surface area contributed by atoms with Crippen LogP contribution >= 0.6 is 23.6 Å². The highest BCUT2D eigenvalue weighted by atomic mass is 32.1. The van der Waals surface area contributed by atoms with E-state index in [9.17, 15) is 22.8 Å². The number of hydrogen-bond donors (Lipinski definition) is 3. The third kappa shape index (κ3) is 7.19. The molecule has 142 valence electrons. The summed E-state index contributed by atoms with van der Waals surface area (Å²) in [6.45, 7) is 0. The van der Waals surface area contributed by atoms with E-state index in [0.717, 1.165) is 23.1 Å². The van der Waals surface area contributed by atoms with Gasteiger partial charge < -0.3 is 0 Å². The Kier molecular flexibility index (Phi) is 7.08. The monoisotopic (exact) mass is 413 g/mol. The van der Waals surface area contributed by atoms with Crippen LogP contribution in [-0.4, -0.2) is 16.9 Å². The predicted octanol–water partition coefficient (Wildman–Crippen LogP) is 3.04. The molecule has 2 rings (SSSR count). The van der Waals surface area contributed by atoms with Gasteiger partial charge in [0.1, 0.15) is 0 Å². The van der Waals surface area contributed by atoms with Crippen LogP contribution in [0.3, 0.4) is 0 Å². The first kappa shape index (κ1) is 20.6. The fraction of sp³-hybridized carbons (Fsp3) is 0.118. The third-order valence-corrected chi connectivity index (χ3v) is 4.21. The maximum atomic E-state index is 12.5. The number of thiocarbonyl (C=S) groups is 1. The summed E-state index contributed by atoms with van der Waals surface area (Å²) in [7, 11) is 0. The molecule has 0 atom stereocenters. The molecule has 0 fully saturated rings. The Balaban J connectivity index is 1.76. The van der Waals surface area contributed by atoms with Crippen LogP contribution in [0.2, 0.25) is 0 Å². The molecule has 2 aromatic rings. The van der Waals surface area contributed by atoms with Crippen molar-refractivity contribution in [3.8, 4) is 0 Å². The Morgan fingerprint density at radius 1 is 1.11 bits per heavy atom. The van der Waals surface area contributed by atoms with Gasteiger partial charge in [-0.3, -0.25) is 25.8 Å². The molecule has 27 heavy (non-hydrogen) atoms. The highest BCUT2D eigenvalue weighted by molar-refractivity contribution is 7.80. The van der Waals surface area contributed by atoms with Gasteiger partial charge in [-0.25, -0.2) is 0 Å². The summed E-state index contributed by atoms with van der Waals surface area (Å²) >= 11 is 6.31. The van der Waals surface area contributed by atoms with Crippen molar-refractivity contribution in [2.45, 2.75) is 12.6 Å². The van der Waals surface area contributed by atoms with Crippen molar-refractivity contribution in [2.75, 3.05) is 0 Å². The number of amides is 2. The number of carbonyl (C=O) groups is 2. The number of rotatable bonds is 4. The summed E-state index contributed by atoms with van der Waals surface area (Å²) in [5.74, 6) is -0.922. The van der Waals surface area contributed by atoms with Crippen LogP contribution < -0.4 is 16.2 Å². The molecule has 0 unspecified atom stereocenters. The van der Waals surface area contributed by atoms with E-state index >= 15 is 0 Å². The zero-order valence-electron chi connectivity index (χ0n) is 13.7. The number of carbonyl (C=O) groups excluding carboxylic acids is 2. The Morgan fingerprint density at radius 3 is 2.41 bits per heavy atom. The quantitative estimate of drug-likeness (QED) is 0.409. The minimum Gasteiger partial charge on any atom is -0.298 e. The van der Waals surface area contributed by atoms with Crippen LogP contribution in [0.15, 0.2) is 47.9 Å². The zero-order valence-corrected chi connectivity index (χ0v) is 15.3. The predicted molar refractivity (Wildman–Crippen MR) is 101 cm³/mol. The molecular weight excluding hydrogens is 399 g/mol. The normalized spacial score (nSPS) is 11.2. The van der Waals surface area contributed by atoms with E-state index in [4.69, 9.17) is 12.2 Å². The lowest BCUT2D eigenvalue weighted by Crippen LogP contribution is -2.48. The minimum atomic E-state index is -4.41. The van der Waals surface area contributed by atoms with Gasteiger partial charge in [0.15, 0.2) is 5.11 Å². The largest absolute Gasteiger partial charge is 0.416 e. The van der Waals surface area contributed by atoms with Crippen LogP contribution in [0.5, 0.6) is 0 Å². The molecule has 3 N–H and O–H groups in total. The molecule has 1 aromatic heterocycles. The van der Waals surface area contributed by atoms with E-state index in [0.29, 0.717) is 5.56 Å². The van der Waals surface area contributed by atoms with E-state index in [1.165, 1.54) is 29.5 Å². The van der Waals surface area contributed by atoms with E-state index in [1.54, 1.807) is 0 Å². The summed E-state index contributed by atoms with van der Waals surface area (Å²) in [5, 5.41) is 4.04. The molecular formula is C17H14F3N3O2S2. The second kappa shape index (κ2) is 9.28. The second-order valence-electron chi connectivity index (χ2n) is 5.20. The molecule has 0 spiro atoms. The molecule has 1 aromatic carbocycles. The van der Waals surface area contributed by atoms with Crippen LogP contribution in [0.25, 0.3) is 6.08 Å². The van der Waals surface area contributed by atoms with Crippen molar-refractivity contribution in [1.82, 2.24) is 16.2 Å². The number of nitrogens with one attached hydrogen (secondary N) is 3. The molecule has 10 heteroatoms. The summed E-state index contributed by atoms with van der Waals surface area (Å²) in [4.78, 5) is 24.3. The lowest BCUT2D eigenvalue weighted by molar-refractivity contribution is -0.137. The molecule has 0 bridgehead atoms. The average Bonchev–Trinajstić information content (AvgIpc) is 3.11. The molecule has 0 saturated heterocycles. The molecule has 2 amide bonds. The van der Waals surface area contributed by atoms with Crippen molar-refractivity contribution < 1.29 is 22.8 Å². The maximum Gasteiger partial charge on any atom is 0.416 e. The van der Waals surface area contributed by atoms with Crippen molar-refractivity contribution in [2.24, 2.45) is 0 Å². The molecule has 1 heterocycles. The van der Waals surface area contributed by atoms with E-state index in [1.807, 2.05) is 17.5 Å². The van der Waals surface area contributed by atoms with E-state index < -0.39 is 17.6 Å². The molecule has 5 nitrogen and oxygen atoms in total. The molecule has 0 aliphatic heterocycles. The summed E-state index contributed by atoms with van der Waals surface area (Å²) < 4.78 is 37.4. The smallest absolute Gasteiger partial charge is 0.298 e. The third-order valence-electron chi connectivity index (χ3n) is 3.13. The topological polar surface area (TPSA) is 70.2 Å². The molecule has 0 saturated carbocycles. The Labute approximate surface area is 162 Å². The highest BCUT2D eigenvalue weighted by Crippen LogP contribution is 2.29. The van der Waals surface area contributed by atoms with Crippen LogP contribution in [0.4, 0.5) is 13.2 Å². The van der Waals surface area contributed by atoms with Gasteiger partial charge in [-0.2, -0.15) is 13.2 Å². The molecule has 0 aliphatic carbocycles. The number of hydrazine groups is 1. The van der Waals surface area contributed by atoms with Crippen LogP contribution in [0, 0.1) is 0 Å². The summed E-state index contributed by atoms with van der Waals surface area (Å²) in [6, 6.07) is 7.98. The lowest BCUT2D eigenvalue weighted by Gasteiger charge is -2.09. The first-order valence-corrected chi connectivity index (χ1v) is 8.80. The molecule has 0 radical (unpaired) electrons. The van der Waals surface area contributed by atoms with Gasteiger partial charge in [-0.15, -0.1) is 11.3 Å². The average molecular weight is 413 g/mol. The summed E-state index contributed by atoms with van der Waals surface area (Å²) in [6.07, 6.45) is -1.78. The van der Waals surface area contributed by atoms with Gasteiger partial charge >= 0.3 is 6.18 Å². The second-order valence-corrected chi connectivity index (χ2v) is 6.64. The highest BCUT2D eigenvalue weighted by Gasteiger charge is 2.29. The van der Waals surface area contributed by atoms with Crippen molar-refractivity contribution in [1.29, 1.82) is 0 Å². The number of halogens is 3. The number of alkyl halides is 3. The fourth-order valence-corrected chi connectivity index (χ4v) is 2.74. The standard InChI is InChI=1S/C17H14F3N3O2S2/c18-17(19,20)12-6-3-11(4-7-12)5-8-14(24)21-16(26)23-22-15(25)10-13-2-1-9-27-13/h1-9H,10H2,(H,22,25)(H2,21,23,24,26). The zero-order chi connectivity index (χ0) is 19.9. The maximum absolute atomic E-state index is 12.5. The first-order chi connectivity index (χ1) is 12.7. The number of hydrogen-bond acceptors (Lipinski definition) is 4. The van der Waals surface area contributed by atoms with E-state index in [-0.39, 0.29) is 17.4 Å². The van der Waals surface area contributed by atoms with Gasteiger partial charge in [0.2, 0.25) is 11.8 Å². The van der Waals surface area contributed by atoms with Crippen molar-refractivity contribution >= 4 is 46.6 Å². The number of benzene rings is 1. The molecule has 0 aliphatic rings. The van der Waals surface area contributed by atoms with Crippen LogP contribution in [-0.2, 0) is 22.2 Å². The van der Waals surface area contributed by atoms with Gasteiger partial charge in [0, 0.05) is 11.0 Å². The van der Waals surface area contributed by atoms with Gasteiger partial charge in [-0.05, 0) is 47.4 Å². The van der Waals surface area contributed by atoms with Crippen molar-refractivity contribution in [3.63, 3.8) is 0 Å². The Bertz CT molecular complexity index is 832. The Hall–Kier alpha value is -2.72. The SMILES string of the molecule is O=C(C=Cc1ccc(C(F)(F)F)cc1)NC(=S)NNC(=O)Cc1cccs1. The number of thiophene rings is 1. The van der Waals surface area contributed by atoms with Crippen LogP contribution in [0.1, 0.15) is 16.0 Å². The summed E-state index contributed by atoms with van der Waals surface area (Å²) in [5.41, 5.74) is 4.39.